The van der Waals surface area contributed by atoms with Gasteiger partial charge in [-0.1, -0.05) is 76.2 Å². The monoisotopic (exact) mass is 268 g/mol. The zero-order valence-electron chi connectivity index (χ0n) is 12.9. The van der Waals surface area contributed by atoms with Crippen LogP contribution in [0.1, 0.15) is 56.1 Å². The van der Waals surface area contributed by atoms with E-state index in [0.717, 1.165) is 17.5 Å². The molecule has 20 heavy (non-hydrogen) atoms. The Labute approximate surface area is 122 Å². The molecule has 0 radical (unpaired) electrons. The van der Waals surface area contributed by atoms with Crippen LogP contribution in [0.4, 0.5) is 0 Å². The van der Waals surface area contributed by atoms with Gasteiger partial charge >= 0.3 is 0 Å². The molecule has 0 spiro atoms. The summed E-state index contributed by atoms with van der Waals surface area (Å²) in [6.45, 7) is 8.68. The highest BCUT2D eigenvalue weighted by Gasteiger charge is 2.22. The quantitative estimate of drug-likeness (QED) is 0.860. The topological polar surface area (TPSA) is 20.2 Å². The van der Waals surface area contributed by atoms with Crippen molar-refractivity contribution in [3.63, 3.8) is 0 Å². The van der Waals surface area contributed by atoms with E-state index in [0.29, 0.717) is 0 Å². The van der Waals surface area contributed by atoms with Crippen molar-refractivity contribution in [2.75, 3.05) is 0 Å². The molecule has 0 saturated heterocycles. The lowest BCUT2D eigenvalue weighted by atomic mass is 9.81. The van der Waals surface area contributed by atoms with Crippen molar-refractivity contribution in [1.82, 2.24) is 0 Å². The van der Waals surface area contributed by atoms with Crippen LogP contribution in [-0.4, -0.2) is 5.11 Å². The second kappa shape index (κ2) is 5.80. The van der Waals surface area contributed by atoms with Crippen LogP contribution >= 0.6 is 0 Å². The van der Waals surface area contributed by atoms with Crippen molar-refractivity contribution in [3.8, 4) is 0 Å². The highest BCUT2D eigenvalue weighted by atomic mass is 16.3. The number of aliphatic hydroxyl groups excluding tert-OH is 1. The van der Waals surface area contributed by atoms with Gasteiger partial charge in [-0.25, -0.2) is 0 Å². The Morgan fingerprint density at radius 3 is 2.10 bits per heavy atom. The molecule has 2 rings (SSSR count). The molecule has 0 aliphatic carbocycles. The summed E-state index contributed by atoms with van der Waals surface area (Å²) in [6, 6.07) is 16.4. The molecule has 1 atom stereocenters. The summed E-state index contributed by atoms with van der Waals surface area (Å²) in [5.41, 5.74) is 4.49. The van der Waals surface area contributed by atoms with Crippen LogP contribution in [0.3, 0.4) is 0 Å². The first-order chi connectivity index (χ1) is 9.43. The summed E-state index contributed by atoms with van der Waals surface area (Å²) >= 11 is 0. The molecule has 2 aromatic carbocycles. The van der Waals surface area contributed by atoms with E-state index in [2.05, 4.69) is 45.9 Å². The Morgan fingerprint density at radius 1 is 0.950 bits per heavy atom. The molecule has 0 bridgehead atoms. The molecule has 0 saturated carbocycles. The number of hydrogen-bond donors (Lipinski definition) is 1. The third-order valence-corrected chi connectivity index (χ3v) is 3.77. The molecule has 0 aliphatic heterocycles. The minimum atomic E-state index is -0.559. The first-order valence-electron chi connectivity index (χ1n) is 7.29. The second-order valence-electron chi connectivity index (χ2n) is 6.33. The highest BCUT2D eigenvalue weighted by Crippen LogP contribution is 2.32. The lowest BCUT2D eigenvalue weighted by molar-refractivity contribution is 0.217. The zero-order chi connectivity index (χ0) is 14.8. The van der Waals surface area contributed by atoms with Gasteiger partial charge in [0, 0.05) is 0 Å². The van der Waals surface area contributed by atoms with Crippen LogP contribution in [0.25, 0.3) is 0 Å². The average Bonchev–Trinajstić information content (AvgIpc) is 2.46. The van der Waals surface area contributed by atoms with Gasteiger partial charge < -0.3 is 5.11 Å². The summed E-state index contributed by atoms with van der Waals surface area (Å²) in [5, 5.41) is 10.7. The van der Waals surface area contributed by atoms with E-state index in [9.17, 15) is 5.11 Å². The Bertz CT molecular complexity index is 561. The normalized spacial score (nSPS) is 13.2. The molecule has 1 heteroatoms. The Balaban J connectivity index is 2.40. The third kappa shape index (κ3) is 3.10. The molecule has 2 aromatic rings. The van der Waals surface area contributed by atoms with Gasteiger partial charge in [-0.2, -0.15) is 0 Å². The van der Waals surface area contributed by atoms with E-state index < -0.39 is 6.10 Å². The number of aryl methyl sites for hydroxylation is 1. The van der Waals surface area contributed by atoms with Crippen molar-refractivity contribution in [1.29, 1.82) is 0 Å². The molecular weight excluding hydrogens is 244 g/mol. The van der Waals surface area contributed by atoms with Crippen LogP contribution in [0.15, 0.2) is 48.5 Å². The number of aliphatic hydroxyl groups is 1. The predicted octanol–water partition coefficient (Wildman–Crippen LogP) is 4.63. The van der Waals surface area contributed by atoms with Crippen LogP contribution < -0.4 is 0 Å². The summed E-state index contributed by atoms with van der Waals surface area (Å²) in [7, 11) is 0. The van der Waals surface area contributed by atoms with Crippen LogP contribution in [0, 0.1) is 0 Å². The summed E-state index contributed by atoms with van der Waals surface area (Å²) in [4.78, 5) is 0. The van der Waals surface area contributed by atoms with Gasteiger partial charge in [0.1, 0.15) is 6.10 Å². The highest BCUT2D eigenvalue weighted by molar-refractivity contribution is 5.40. The van der Waals surface area contributed by atoms with Gasteiger partial charge in [0.05, 0.1) is 0 Å². The predicted molar refractivity (Wildman–Crippen MR) is 85.0 cm³/mol. The Hall–Kier alpha value is -1.60. The van der Waals surface area contributed by atoms with E-state index in [-0.39, 0.29) is 5.41 Å². The lowest BCUT2D eigenvalue weighted by Crippen LogP contribution is -2.16. The Morgan fingerprint density at radius 2 is 1.55 bits per heavy atom. The van der Waals surface area contributed by atoms with E-state index in [1.807, 2.05) is 30.3 Å². The van der Waals surface area contributed by atoms with Gasteiger partial charge in [-0.05, 0) is 34.1 Å². The molecule has 106 valence electrons. The fourth-order valence-corrected chi connectivity index (χ4v) is 2.53. The third-order valence-electron chi connectivity index (χ3n) is 3.77. The fourth-order valence-electron chi connectivity index (χ4n) is 2.53. The summed E-state index contributed by atoms with van der Waals surface area (Å²) in [5.74, 6) is 0. The van der Waals surface area contributed by atoms with Gasteiger partial charge in [-0.15, -0.1) is 0 Å². The first kappa shape index (κ1) is 14.8. The van der Waals surface area contributed by atoms with Crippen LogP contribution in [0.2, 0.25) is 0 Å². The standard InChI is InChI=1S/C19H24O/c1-5-14-10-12-15(13-11-14)18(20)16-8-6-7-9-17(16)19(2,3)4/h6-13,18,20H,5H2,1-4H3. The maximum absolute atomic E-state index is 10.7. The molecule has 0 heterocycles. The average molecular weight is 268 g/mol. The maximum Gasteiger partial charge on any atom is 0.104 e. The lowest BCUT2D eigenvalue weighted by Gasteiger charge is -2.25. The van der Waals surface area contributed by atoms with Crippen molar-refractivity contribution >= 4 is 0 Å². The summed E-state index contributed by atoms with van der Waals surface area (Å²) in [6.07, 6.45) is 0.464. The minimum absolute atomic E-state index is 0.0287. The molecule has 0 amide bonds. The number of benzene rings is 2. The van der Waals surface area contributed by atoms with Crippen molar-refractivity contribution in [2.45, 2.75) is 45.6 Å². The van der Waals surface area contributed by atoms with Gasteiger partial charge in [0.15, 0.2) is 0 Å². The molecule has 0 aromatic heterocycles. The molecule has 0 aliphatic rings. The van der Waals surface area contributed by atoms with Crippen molar-refractivity contribution < 1.29 is 5.11 Å². The number of hydrogen-bond acceptors (Lipinski definition) is 1. The minimum Gasteiger partial charge on any atom is -0.384 e. The van der Waals surface area contributed by atoms with Crippen LogP contribution in [-0.2, 0) is 11.8 Å². The van der Waals surface area contributed by atoms with Crippen molar-refractivity contribution in [3.05, 3.63) is 70.8 Å². The van der Waals surface area contributed by atoms with E-state index in [1.165, 1.54) is 11.1 Å². The molecule has 1 unspecified atom stereocenters. The Kier molecular flexibility index (Phi) is 4.29. The molecular formula is C19H24O. The van der Waals surface area contributed by atoms with Crippen molar-refractivity contribution in [2.24, 2.45) is 0 Å². The second-order valence-corrected chi connectivity index (χ2v) is 6.33. The smallest absolute Gasteiger partial charge is 0.104 e. The SMILES string of the molecule is CCc1ccc(C(O)c2ccccc2C(C)(C)C)cc1. The summed E-state index contributed by atoms with van der Waals surface area (Å²) < 4.78 is 0. The molecule has 0 fully saturated rings. The number of rotatable bonds is 3. The van der Waals surface area contributed by atoms with E-state index in [4.69, 9.17) is 0 Å². The van der Waals surface area contributed by atoms with Gasteiger partial charge in [-0.3, -0.25) is 0 Å². The molecule has 1 nitrogen and oxygen atoms in total. The largest absolute Gasteiger partial charge is 0.384 e. The fraction of sp³-hybridized carbons (Fsp3) is 0.368. The van der Waals surface area contributed by atoms with E-state index in [1.54, 1.807) is 0 Å². The first-order valence-corrected chi connectivity index (χ1v) is 7.29. The van der Waals surface area contributed by atoms with E-state index >= 15 is 0 Å². The van der Waals surface area contributed by atoms with Gasteiger partial charge in [0.2, 0.25) is 0 Å². The maximum atomic E-state index is 10.7. The van der Waals surface area contributed by atoms with Crippen LogP contribution in [0.5, 0.6) is 0 Å². The van der Waals surface area contributed by atoms with Gasteiger partial charge in [0.25, 0.3) is 0 Å². The zero-order valence-corrected chi connectivity index (χ0v) is 12.9. The molecule has 1 N–H and O–H groups in total.